The molecule has 0 spiro atoms. The van der Waals surface area contributed by atoms with Gasteiger partial charge < -0.3 is 5.32 Å². The third kappa shape index (κ3) is 3.28. The first-order chi connectivity index (χ1) is 9.05. The number of hydrogen-bond donors (Lipinski definition) is 1. The third-order valence-corrected chi connectivity index (χ3v) is 5.60. The highest BCUT2D eigenvalue weighted by Gasteiger charge is 2.26. The van der Waals surface area contributed by atoms with Gasteiger partial charge in [0.15, 0.2) is 0 Å². The molecule has 0 atom stereocenters. The number of benzene rings is 1. The largest absolute Gasteiger partial charge is 0.316 e. The van der Waals surface area contributed by atoms with Crippen molar-refractivity contribution in [2.75, 3.05) is 20.1 Å². The lowest BCUT2D eigenvalue weighted by Gasteiger charge is -2.26. The van der Waals surface area contributed by atoms with Gasteiger partial charge in [-0.2, -0.15) is 4.31 Å². The van der Waals surface area contributed by atoms with Crippen LogP contribution in [0.1, 0.15) is 24.8 Å². The van der Waals surface area contributed by atoms with Crippen LogP contribution in [-0.4, -0.2) is 32.9 Å². The molecule has 0 saturated carbocycles. The Hall–Kier alpha value is -0.620. The lowest BCUT2D eigenvalue weighted by Crippen LogP contribution is -2.35. The highest BCUT2D eigenvalue weighted by molar-refractivity contribution is 7.89. The van der Waals surface area contributed by atoms with Crippen LogP contribution in [-0.2, 0) is 16.6 Å². The van der Waals surface area contributed by atoms with Gasteiger partial charge in [-0.25, -0.2) is 8.42 Å². The molecule has 4 nitrogen and oxygen atoms in total. The summed E-state index contributed by atoms with van der Waals surface area (Å²) in [5.41, 5.74) is 0.808. The zero-order valence-electron chi connectivity index (χ0n) is 11.0. The Kier molecular flexibility index (Phi) is 4.84. The van der Waals surface area contributed by atoms with Crippen molar-refractivity contribution in [3.8, 4) is 0 Å². The van der Waals surface area contributed by atoms with Gasteiger partial charge in [-0.1, -0.05) is 18.0 Å². The number of sulfonamides is 1. The van der Waals surface area contributed by atoms with Crippen molar-refractivity contribution >= 4 is 21.6 Å². The van der Waals surface area contributed by atoms with E-state index in [4.69, 9.17) is 11.6 Å². The second kappa shape index (κ2) is 6.22. The SMILES string of the molecule is CNCc1cc(S(=O)(=O)N2CCCCC2)ccc1Cl. The van der Waals surface area contributed by atoms with Gasteiger partial charge >= 0.3 is 0 Å². The van der Waals surface area contributed by atoms with Crippen LogP contribution in [0.3, 0.4) is 0 Å². The van der Waals surface area contributed by atoms with Gasteiger partial charge in [0.05, 0.1) is 4.90 Å². The predicted octanol–water partition coefficient (Wildman–Crippen LogP) is 2.23. The summed E-state index contributed by atoms with van der Waals surface area (Å²) in [5, 5.41) is 3.58. The second-order valence-corrected chi connectivity index (χ2v) is 7.09. The molecule has 106 valence electrons. The first-order valence-electron chi connectivity index (χ1n) is 6.49. The number of hydrogen-bond acceptors (Lipinski definition) is 3. The molecule has 1 heterocycles. The summed E-state index contributed by atoms with van der Waals surface area (Å²) in [7, 11) is -1.57. The average molecular weight is 303 g/mol. The van der Waals surface area contributed by atoms with Gasteiger partial charge in [0.1, 0.15) is 0 Å². The minimum absolute atomic E-state index is 0.337. The summed E-state index contributed by atoms with van der Waals surface area (Å²) >= 11 is 6.06. The molecular weight excluding hydrogens is 284 g/mol. The molecule has 2 rings (SSSR count). The van der Waals surface area contributed by atoms with E-state index in [1.54, 1.807) is 22.5 Å². The maximum Gasteiger partial charge on any atom is 0.243 e. The summed E-state index contributed by atoms with van der Waals surface area (Å²) in [6.45, 7) is 1.79. The molecule has 0 radical (unpaired) electrons. The van der Waals surface area contributed by atoms with Crippen LogP contribution in [0.5, 0.6) is 0 Å². The quantitative estimate of drug-likeness (QED) is 0.928. The Morgan fingerprint density at radius 2 is 1.95 bits per heavy atom. The Balaban J connectivity index is 2.31. The third-order valence-electron chi connectivity index (χ3n) is 3.34. The van der Waals surface area contributed by atoms with Gasteiger partial charge in [-0.15, -0.1) is 0 Å². The summed E-state index contributed by atoms with van der Waals surface area (Å²) in [6.07, 6.45) is 2.99. The summed E-state index contributed by atoms with van der Waals surface area (Å²) in [6, 6.07) is 4.92. The standard InChI is InChI=1S/C13H19ClN2O2S/c1-15-10-11-9-12(5-6-13(11)14)19(17,18)16-7-3-2-4-8-16/h5-6,9,15H,2-4,7-8,10H2,1H3. The van der Waals surface area contributed by atoms with Crippen LogP contribution in [0.25, 0.3) is 0 Å². The molecule has 1 aromatic carbocycles. The van der Waals surface area contributed by atoms with E-state index in [9.17, 15) is 8.42 Å². The first-order valence-corrected chi connectivity index (χ1v) is 8.30. The van der Waals surface area contributed by atoms with E-state index in [1.165, 1.54) is 0 Å². The molecule has 1 aliphatic rings. The van der Waals surface area contributed by atoms with Crippen molar-refractivity contribution in [3.05, 3.63) is 28.8 Å². The molecule has 1 fully saturated rings. The smallest absolute Gasteiger partial charge is 0.243 e. The Bertz CT molecular complexity index is 540. The molecule has 0 aromatic heterocycles. The van der Waals surface area contributed by atoms with E-state index in [2.05, 4.69) is 5.32 Å². The fraction of sp³-hybridized carbons (Fsp3) is 0.538. The Labute approximate surface area is 119 Å². The van der Waals surface area contributed by atoms with E-state index in [0.717, 1.165) is 24.8 Å². The van der Waals surface area contributed by atoms with Gasteiger partial charge in [0, 0.05) is 24.7 Å². The van der Waals surface area contributed by atoms with Gasteiger partial charge in [0.2, 0.25) is 10.0 Å². The maximum absolute atomic E-state index is 12.5. The van der Waals surface area contributed by atoms with Crippen LogP contribution in [0.2, 0.25) is 5.02 Å². The van der Waals surface area contributed by atoms with Crippen LogP contribution in [0.15, 0.2) is 23.1 Å². The van der Waals surface area contributed by atoms with E-state index in [0.29, 0.717) is 29.6 Å². The molecule has 0 unspecified atom stereocenters. The van der Waals surface area contributed by atoms with E-state index in [1.807, 2.05) is 7.05 Å². The monoisotopic (exact) mass is 302 g/mol. The van der Waals surface area contributed by atoms with Crippen molar-refractivity contribution in [2.45, 2.75) is 30.7 Å². The summed E-state index contributed by atoms with van der Waals surface area (Å²) in [4.78, 5) is 0.337. The lowest BCUT2D eigenvalue weighted by molar-refractivity contribution is 0.346. The molecule has 6 heteroatoms. The van der Waals surface area contributed by atoms with Crippen LogP contribution in [0, 0.1) is 0 Å². The molecule has 19 heavy (non-hydrogen) atoms. The summed E-state index contributed by atoms with van der Waals surface area (Å²) in [5.74, 6) is 0. The van der Waals surface area contributed by atoms with Gasteiger partial charge in [-0.3, -0.25) is 0 Å². The van der Waals surface area contributed by atoms with Crippen molar-refractivity contribution in [1.82, 2.24) is 9.62 Å². The zero-order chi connectivity index (χ0) is 13.9. The van der Waals surface area contributed by atoms with Crippen molar-refractivity contribution < 1.29 is 8.42 Å². The van der Waals surface area contributed by atoms with Crippen LogP contribution >= 0.6 is 11.6 Å². The predicted molar refractivity (Wildman–Crippen MR) is 76.8 cm³/mol. The average Bonchev–Trinajstić information content (AvgIpc) is 2.42. The van der Waals surface area contributed by atoms with E-state index < -0.39 is 10.0 Å². The topological polar surface area (TPSA) is 49.4 Å². The van der Waals surface area contributed by atoms with Crippen molar-refractivity contribution in [2.24, 2.45) is 0 Å². The summed E-state index contributed by atoms with van der Waals surface area (Å²) < 4.78 is 26.6. The fourth-order valence-corrected chi connectivity index (χ4v) is 4.04. The number of nitrogens with one attached hydrogen (secondary N) is 1. The van der Waals surface area contributed by atoms with Gasteiger partial charge in [0.25, 0.3) is 0 Å². The molecular formula is C13H19ClN2O2S. The minimum Gasteiger partial charge on any atom is -0.316 e. The normalized spacial score (nSPS) is 17.6. The number of nitrogens with zero attached hydrogens (tertiary/aromatic N) is 1. The molecule has 1 saturated heterocycles. The molecule has 0 bridgehead atoms. The zero-order valence-corrected chi connectivity index (χ0v) is 12.6. The Morgan fingerprint density at radius 1 is 1.26 bits per heavy atom. The number of halogens is 1. The minimum atomic E-state index is -3.37. The number of rotatable bonds is 4. The first kappa shape index (κ1) is 14.8. The van der Waals surface area contributed by atoms with Crippen molar-refractivity contribution in [3.63, 3.8) is 0 Å². The highest BCUT2D eigenvalue weighted by Crippen LogP contribution is 2.24. The molecule has 0 amide bonds. The number of piperidine rings is 1. The maximum atomic E-state index is 12.5. The Morgan fingerprint density at radius 3 is 2.58 bits per heavy atom. The van der Waals surface area contributed by atoms with Crippen LogP contribution < -0.4 is 5.32 Å². The van der Waals surface area contributed by atoms with Crippen LogP contribution in [0.4, 0.5) is 0 Å². The van der Waals surface area contributed by atoms with E-state index >= 15 is 0 Å². The lowest BCUT2D eigenvalue weighted by atomic mass is 10.2. The van der Waals surface area contributed by atoms with Gasteiger partial charge in [-0.05, 0) is 43.7 Å². The fourth-order valence-electron chi connectivity index (χ4n) is 2.29. The molecule has 1 aromatic rings. The van der Waals surface area contributed by atoms with Crippen molar-refractivity contribution in [1.29, 1.82) is 0 Å². The second-order valence-electron chi connectivity index (χ2n) is 4.75. The molecule has 1 aliphatic heterocycles. The molecule has 1 N–H and O–H groups in total. The molecule has 0 aliphatic carbocycles. The highest BCUT2D eigenvalue weighted by atomic mass is 35.5. The van der Waals surface area contributed by atoms with E-state index in [-0.39, 0.29) is 0 Å².